The number of nitrogens with one attached hydrogen (secondary N) is 1. The lowest BCUT2D eigenvalue weighted by Gasteiger charge is -2.22. The molecule has 2 rings (SSSR count). The molecule has 0 heterocycles. The Kier molecular flexibility index (Phi) is 4.67. The molecule has 21 heavy (non-hydrogen) atoms. The van der Waals surface area contributed by atoms with Crippen molar-refractivity contribution in [2.75, 3.05) is 4.72 Å². The highest BCUT2D eigenvalue weighted by Crippen LogP contribution is 2.31. The molecule has 0 aromatic heterocycles. The van der Waals surface area contributed by atoms with Crippen LogP contribution in [-0.2, 0) is 5.41 Å². The number of rotatable bonds is 3. The molecule has 0 atom stereocenters. The molecule has 0 saturated heterocycles. The second-order valence-electron chi connectivity index (χ2n) is 6.70. The summed E-state index contributed by atoms with van der Waals surface area (Å²) < 4.78 is 3.48. The number of hydrogen-bond acceptors (Lipinski definition) is 2. The Hall–Kier alpha value is -1.41. The summed E-state index contributed by atoms with van der Waals surface area (Å²) >= 11 is 1.70. The summed E-state index contributed by atoms with van der Waals surface area (Å²) in [6, 6.07) is 13.1. The SMILES string of the molecule is Cc1cc(NSc2c(C)cccc2C)ccc1C(C)(C)C. The molecule has 0 aliphatic carbocycles. The van der Waals surface area contributed by atoms with Crippen molar-refractivity contribution in [1.29, 1.82) is 0 Å². The van der Waals surface area contributed by atoms with Crippen LogP contribution in [-0.4, -0.2) is 0 Å². The highest BCUT2D eigenvalue weighted by atomic mass is 32.2. The zero-order valence-electron chi connectivity index (χ0n) is 13.9. The summed E-state index contributed by atoms with van der Waals surface area (Å²) in [7, 11) is 0. The molecule has 112 valence electrons. The van der Waals surface area contributed by atoms with Crippen LogP contribution in [0, 0.1) is 20.8 Å². The Bertz CT molecular complexity index is 618. The maximum absolute atomic E-state index is 3.48. The first-order chi connectivity index (χ1) is 9.79. The summed E-state index contributed by atoms with van der Waals surface area (Å²) in [6.07, 6.45) is 0. The first-order valence-electron chi connectivity index (χ1n) is 7.39. The minimum atomic E-state index is 0.197. The summed E-state index contributed by atoms with van der Waals surface area (Å²) in [4.78, 5) is 1.31. The Morgan fingerprint density at radius 2 is 1.48 bits per heavy atom. The predicted molar refractivity (Wildman–Crippen MR) is 95.3 cm³/mol. The second kappa shape index (κ2) is 6.15. The van der Waals surface area contributed by atoms with Gasteiger partial charge in [0.25, 0.3) is 0 Å². The third-order valence-electron chi connectivity index (χ3n) is 3.71. The highest BCUT2D eigenvalue weighted by Gasteiger charge is 2.16. The Balaban J connectivity index is 2.16. The fraction of sp³-hybridized carbons (Fsp3) is 0.368. The Morgan fingerprint density at radius 3 is 2.00 bits per heavy atom. The topological polar surface area (TPSA) is 12.0 Å². The van der Waals surface area contributed by atoms with Gasteiger partial charge in [0, 0.05) is 10.6 Å². The zero-order chi connectivity index (χ0) is 15.6. The van der Waals surface area contributed by atoms with Crippen LogP contribution < -0.4 is 4.72 Å². The second-order valence-corrected chi connectivity index (χ2v) is 7.52. The third kappa shape index (κ3) is 3.82. The van der Waals surface area contributed by atoms with Crippen molar-refractivity contribution < 1.29 is 0 Å². The highest BCUT2D eigenvalue weighted by molar-refractivity contribution is 8.00. The van der Waals surface area contributed by atoms with Gasteiger partial charge in [0.1, 0.15) is 0 Å². The van der Waals surface area contributed by atoms with E-state index in [2.05, 4.69) is 82.7 Å². The summed E-state index contributed by atoms with van der Waals surface area (Å²) in [5, 5.41) is 0. The fourth-order valence-electron chi connectivity index (χ4n) is 2.64. The molecule has 0 unspecified atom stereocenters. The molecule has 0 amide bonds. The average Bonchev–Trinajstić information content (AvgIpc) is 2.36. The molecule has 0 fully saturated rings. The van der Waals surface area contributed by atoms with Gasteiger partial charge in [-0.2, -0.15) is 0 Å². The minimum Gasteiger partial charge on any atom is -0.326 e. The van der Waals surface area contributed by atoms with Crippen molar-refractivity contribution in [3.05, 3.63) is 58.7 Å². The van der Waals surface area contributed by atoms with Crippen LogP contribution >= 0.6 is 11.9 Å². The number of anilines is 1. The van der Waals surface area contributed by atoms with Crippen LogP contribution in [0.25, 0.3) is 0 Å². The van der Waals surface area contributed by atoms with E-state index < -0.39 is 0 Å². The van der Waals surface area contributed by atoms with Gasteiger partial charge in [0.2, 0.25) is 0 Å². The Labute approximate surface area is 133 Å². The molecule has 1 N–H and O–H groups in total. The smallest absolute Gasteiger partial charge is 0.0446 e. The monoisotopic (exact) mass is 299 g/mol. The van der Waals surface area contributed by atoms with Gasteiger partial charge in [-0.25, -0.2) is 0 Å². The van der Waals surface area contributed by atoms with Crippen molar-refractivity contribution in [3.63, 3.8) is 0 Å². The van der Waals surface area contributed by atoms with E-state index in [1.54, 1.807) is 11.9 Å². The first kappa shape index (κ1) is 16.0. The van der Waals surface area contributed by atoms with Crippen molar-refractivity contribution in [3.8, 4) is 0 Å². The largest absolute Gasteiger partial charge is 0.326 e. The molecule has 0 aliphatic rings. The average molecular weight is 299 g/mol. The van der Waals surface area contributed by atoms with E-state index in [0.717, 1.165) is 5.69 Å². The van der Waals surface area contributed by atoms with E-state index >= 15 is 0 Å². The molecule has 2 aromatic rings. The number of aryl methyl sites for hydroxylation is 3. The standard InChI is InChI=1S/C19H25NS/c1-13-8-7-9-14(2)18(13)21-20-16-10-11-17(15(3)12-16)19(4,5)6/h7-12,20H,1-6H3. The maximum atomic E-state index is 3.48. The predicted octanol–water partition coefficient (Wildman–Crippen LogP) is 6.03. The van der Waals surface area contributed by atoms with Gasteiger partial charge >= 0.3 is 0 Å². The number of benzene rings is 2. The van der Waals surface area contributed by atoms with Crippen molar-refractivity contribution in [2.24, 2.45) is 0 Å². The first-order valence-corrected chi connectivity index (χ1v) is 8.21. The van der Waals surface area contributed by atoms with Gasteiger partial charge in [-0.1, -0.05) is 45.0 Å². The minimum absolute atomic E-state index is 0.197. The fourth-order valence-corrected chi connectivity index (χ4v) is 3.44. The van der Waals surface area contributed by atoms with Crippen LogP contribution in [0.1, 0.15) is 43.0 Å². The molecule has 2 aromatic carbocycles. The van der Waals surface area contributed by atoms with Crippen molar-refractivity contribution in [1.82, 2.24) is 0 Å². The van der Waals surface area contributed by atoms with E-state index in [0.29, 0.717) is 0 Å². The summed E-state index contributed by atoms with van der Waals surface area (Å²) in [5.41, 5.74) is 6.74. The van der Waals surface area contributed by atoms with Crippen LogP contribution in [0.3, 0.4) is 0 Å². The van der Waals surface area contributed by atoms with Gasteiger partial charge in [-0.15, -0.1) is 0 Å². The molecule has 0 saturated carbocycles. The van der Waals surface area contributed by atoms with Gasteiger partial charge in [0.15, 0.2) is 0 Å². The molecule has 1 nitrogen and oxygen atoms in total. The molecular formula is C19H25NS. The van der Waals surface area contributed by atoms with Gasteiger partial charge in [-0.05, 0) is 72.5 Å². The molecule has 0 aliphatic heterocycles. The molecule has 2 heteroatoms. The zero-order valence-corrected chi connectivity index (χ0v) is 14.7. The van der Waals surface area contributed by atoms with Crippen LogP contribution in [0.2, 0.25) is 0 Å². The molecule has 0 radical (unpaired) electrons. The van der Waals surface area contributed by atoms with Crippen LogP contribution in [0.5, 0.6) is 0 Å². The lowest BCUT2D eigenvalue weighted by molar-refractivity contribution is 0.586. The lowest BCUT2D eigenvalue weighted by atomic mass is 9.84. The summed E-state index contributed by atoms with van der Waals surface area (Å²) in [6.45, 7) is 13.3. The van der Waals surface area contributed by atoms with Crippen LogP contribution in [0.15, 0.2) is 41.3 Å². The molecule has 0 spiro atoms. The van der Waals surface area contributed by atoms with Crippen molar-refractivity contribution in [2.45, 2.75) is 51.9 Å². The van der Waals surface area contributed by atoms with Gasteiger partial charge < -0.3 is 4.72 Å². The number of hydrogen-bond donors (Lipinski definition) is 1. The quantitative estimate of drug-likeness (QED) is 0.695. The van der Waals surface area contributed by atoms with Gasteiger partial charge in [-0.3, -0.25) is 0 Å². The van der Waals surface area contributed by atoms with Gasteiger partial charge in [0.05, 0.1) is 0 Å². The van der Waals surface area contributed by atoms with E-state index in [-0.39, 0.29) is 5.41 Å². The Morgan fingerprint density at radius 1 is 0.857 bits per heavy atom. The maximum Gasteiger partial charge on any atom is 0.0446 e. The van der Waals surface area contributed by atoms with Crippen LogP contribution in [0.4, 0.5) is 5.69 Å². The van der Waals surface area contributed by atoms with Crippen molar-refractivity contribution >= 4 is 17.6 Å². The normalized spacial score (nSPS) is 11.5. The third-order valence-corrected chi connectivity index (χ3v) is 4.90. The van der Waals surface area contributed by atoms with E-state index in [9.17, 15) is 0 Å². The summed E-state index contributed by atoms with van der Waals surface area (Å²) in [5.74, 6) is 0. The van der Waals surface area contributed by atoms with E-state index in [4.69, 9.17) is 0 Å². The van der Waals surface area contributed by atoms with E-state index in [1.165, 1.54) is 27.1 Å². The van der Waals surface area contributed by atoms with E-state index in [1.807, 2.05) is 0 Å². The molecular weight excluding hydrogens is 274 g/mol. The lowest BCUT2D eigenvalue weighted by Crippen LogP contribution is -2.12. The molecule has 0 bridgehead atoms.